The number of aliphatic hydroxyl groups excluding tert-OH is 1. The number of hydrogen-bond donors (Lipinski definition) is 3. The molecule has 4 nitrogen and oxygen atoms in total. The van der Waals surface area contributed by atoms with Crippen molar-refractivity contribution in [2.45, 2.75) is 6.04 Å². The van der Waals surface area contributed by atoms with Gasteiger partial charge in [-0.15, -0.1) is 12.4 Å². The molecule has 0 bridgehead atoms. The van der Waals surface area contributed by atoms with E-state index in [1.165, 1.54) is 6.07 Å². The zero-order valence-corrected chi connectivity index (χ0v) is 8.20. The number of carbonyl (C=O) groups is 1. The summed E-state index contributed by atoms with van der Waals surface area (Å²) in [6.45, 7) is -0.260. The van der Waals surface area contributed by atoms with E-state index in [-0.39, 0.29) is 24.6 Å². The Morgan fingerprint density at radius 1 is 1.43 bits per heavy atom. The Bertz CT molecular complexity index is 317. The molecule has 0 aliphatic carbocycles. The van der Waals surface area contributed by atoms with E-state index in [2.05, 4.69) is 0 Å². The highest BCUT2D eigenvalue weighted by atomic mass is 35.5. The van der Waals surface area contributed by atoms with Crippen molar-refractivity contribution in [1.29, 1.82) is 0 Å². The van der Waals surface area contributed by atoms with Crippen LogP contribution in [0.4, 0.5) is 0 Å². The second-order valence-electron chi connectivity index (χ2n) is 2.68. The number of halogens is 1. The summed E-state index contributed by atoms with van der Waals surface area (Å²) in [6, 6.07) is 5.75. The first kappa shape index (κ1) is 12.9. The topological polar surface area (TPSA) is 83.5 Å². The molecule has 0 heterocycles. The van der Waals surface area contributed by atoms with Gasteiger partial charge < -0.3 is 15.9 Å². The van der Waals surface area contributed by atoms with Crippen molar-refractivity contribution < 1.29 is 15.0 Å². The van der Waals surface area contributed by atoms with Crippen molar-refractivity contribution in [2.75, 3.05) is 6.61 Å². The van der Waals surface area contributed by atoms with Crippen molar-refractivity contribution in [3.8, 4) is 0 Å². The molecule has 5 heteroatoms. The van der Waals surface area contributed by atoms with Gasteiger partial charge in [0.1, 0.15) is 0 Å². The number of carboxylic acid groups (broad SMARTS) is 1. The van der Waals surface area contributed by atoms with Crippen molar-refractivity contribution in [2.24, 2.45) is 5.73 Å². The Kier molecular flexibility index (Phi) is 5.15. The fourth-order valence-corrected chi connectivity index (χ4v) is 1.11. The van der Waals surface area contributed by atoms with Crippen LogP contribution in [0.25, 0.3) is 0 Å². The van der Waals surface area contributed by atoms with Gasteiger partial charge in [0.2, 0.25) is 0 Å². The molecule has 0 spiro atoms. The van der Waals surface area contributed by atoms with Crippen LogP contribution in [0, 0.1) is 0 Å². The second-order valence-corrected chi connectivity index (χ2v) is 2.68. The number of carboxylic acids is 1. The molecule has 0 unspecified atom stereocenters. The van der Waals surface area contributed by atoms with Gasteiger partial charge in [0, 0.05) is 0 Å². The number of hydrogen-bond acceptors (Lipinski definition) is 3. The SMILES string of the molecule is Cl.N[C@H](CO)c1ccccc1C(=O)O. The summed E-state index contributed by atoms with van der Waals surface area (Å²) >= 11 is 0. The molecule has 0 aliphatic heterocycles. The predicted molar refractivity (Wildman–Crippen MR) is 54.7 cm³/mol. The smallest absolute Gasteiger partial charge is 0.336 e. The van der Waals surface area contributed by atoms with Crippen LogP contribution in [0.3, 0.4) is 0 Å². The highest BCUT2D eigenvalue weighted by Crippen LogP contribution is 2.15. The fourth-order valence-electron chi connectivity index (χ4n) is 1.11. The van der Waals surface area contributed by atoms with Crippen molar-refractivity contribution >= 4 is 18.4 Å². The van der Waals surface area contributed by atoms with Crippen LogP contribution in [-0.2, 0) is 0 Å². The molecule has 0 aliphatic rings. The Morgan fingerprint density at radius 2 is 2.00 bits per heavy atom. The fraction of sp³-hybridized carbons (Fsp3) is 0.222. The summed E-state index contributed by atoms with van der Waals surface area (Å²) < 4.78 is 0. The summed E-state index contributed by atoms with van der Waals surface area (Å²) in [5.74, 6) is -1.03. The summed E-state index contributed by atoms with van der Waals surface area (Å²) in [7, 11) is 0. The van der Waals surface area contributed by atoms with Gasteiger partial charge >= 0.3 is 5.97 Å². The maximum Gasteiger partial charge on any atom is 0.336 e. The van der Waals surface area contributed by atoms with E-state index in [1.807, 2.05) is 0 Å². The molecular formula is C9H12ClNO3. The van der Waals surface area contributed by atoms with Crippen LogP contribution < -0.4 is 5.73 Å². The standard InChI is InChI=1S/C9H11NO3.ClH/c10-8(5-11)6-3-1-2-4-7(6)9(12)13;/h1-4,8,11H,5,10H2,(H,12,13);1H/t8-;/m1./s1. The molecule has 4 N–H and O–H groups in total. The zero-order chi connectivity index (χ0) is 9.84. The van der Waals surface area contributed by atoms with E-state index in [0.29, 0.717) is 5.56 Å². The maximum atomic E-state index is 10.7. The van der Waals surface area contributed by atoms with Crippen LogP contribution in [0.1, 0.15) is 22.0 Å². The largest absolute Gasteiger partial charge is 0.478 e. The van der Waals surface area contributed by atoms with Gasteiger partial charge in [-0.25, -0.2) is 4.79 Å². The first-order chi connectivity index (χ1) is 6.16. The zero-order valence-electron chi connectivity index (χ0n) is 7.38. The lowest BCUT2D eigenvalue weighted by molar-refractivity contribution is 0.0694. The van der Waals surface area contributed by atoms with E-state index in [1.54, 1.807) is 18.2 Å². The first-order valence-corrected chi connectivity index (χ1v) is 3.85. The highest BCUT2D eigenvalue weighted by molar-refractivity contribution is 5.89. The number of aliphatic hydroxyl groups is 1. The predicted octanol–water partition coefficient (Wildman–Crippen LogP) is 0.799. The number of rotatable bonds is 3. The lowest BCUT2D eigenvalue weighted by Gasteiger charge is -2.10. The molecule has 0 aromatic heterocycles. The molecule has 0 radical (unpaired) electrons. The summed E-state index contributed by atoms with van der Waals surface area (Å²) in [5, 5.41) is 17.5. The van der Waals surface area contributed by atoms with Gasteiger partial charge in [-0.1, -0.05) is 18.2 Å². The lowest BCUT2D eigenvalue weighted by atomic mass is 10.0. The van der Waals surface area contributed by atoms with Gasteiger partial charge in [0.05, 0.1) is 18.2 Å². The molecule has 1 atom stereocenters. The molecule has 1 rings (SSSR count). The van der Waals surface area contributed by atoms with Crippen molar-refractivity contribution in [3.05, 3.63) is 35.4 Å². The van der Waals surface area contributed by atoms with Crippen LogP contribution in [0.5, 0.6) is 0 Å². The van der Waals surface area contributed by atoms with Crippen molar-refractivity contribution in [3.63, 3.8) is 0 Å². The van der Waals surface area contributed by atoms with Crippen LogP contribution in [-0.4, -0.2) is 22.8 Å². The Morgan fingerprint density at radius 3 is 2.50 bits per heavy atom. The average Bonchev–Trinajstić information content (AvgIpc) is 2.16. The van der Waals surface area contributed by atoms with Gasteiger partial charge in [-0.2, -0.15) is 0 Å². The second kappa shape index (κ2) is 5.59. The van der Waals surface area contributed by atoms with Gasteiger partial charge in [0.25, 0.3) is 0 Å². The summed E-state index contributed by atoms with van der Waals surface area (Å²) in [6.07, 6.45) is 0. The third kappa shape index (κ3) is 2.70. The van der Waals surface area contributed by atoms with Crippen molar-refractivity contribution in [1.82, 2.24) is 0 Å². The van der Waals surface area contributed by atoms with E-state index >= 15 is 0 Å². The number of aromatic carboxylic acids is 1. The van der Waals surface area contributed by atoms with E-state index in [9.17, 15) is 4.79 Å². The third-order valence-corrected chi connectivity index (χ3v) is 1.79. The van der Waals surface area contributed by atoms with Crippen LogP contribution >= 0.6 is 12.4 Å². The molecule has 0 saturated carbocycles. The molecule has 0 amide bonds. The van der Waals surface area contributed by atoms with Gasteiger partial charge in [-0.3, -0.25) is 0 Å². The molecule has 78 valence electrons. The van der Waals surface area contributed by atoms with E-state index in [4.69, 9.17) is 15.9 Å². The summed E-state index contributed by atoms with van der Waals surface area (Å²) in [5.41, 5.74) is 6.12. The molecule has 0 fully saturated rings. The number of benzene rings is 1. The molecule has 1 aromatic rings. The minimum Gasteiger partial charge on any atom is -0.478 e. The van der Waals surface area contributed by atoms with E-state index < -0.39 is 12.0 Å². The normalized spacial score (nSPS) is 11.6. The Hall–Kier alpha value is -1.10. The minimum absolute atomic E-state index is 0. The highest BCUT2D eigenvalue weighted by Gasteiger charge is 2.13. The number of nitrogens with two attached hydrogens (primary N) is 1. The lowest BCUT2D eigenvalue weighted by Crippen LogP contribution is -2.18. The monoisotopic (exact) mass is 217 g/mol. The molecular weight excluding hydrogens is 206 g/mol. The Labute approximate surface area is 87.8 Å². The summed E-state index contributed by atoms with van der Waals surface area (Å²) in [4.78, 5) is 10.7. The quantitative estimate of drug-likeness (QED) is 0.699. The molecule has 0 saturated heterocycles. The van der Waals surface area contributed by atoms with Crippen LogP contribution in [0.15, 0.2) is 24.3 Å². The van der Waals surface area contributed by atoms with Crippen LogP contribution in [0.2, 0.25) is 0 Å². The van der Waals surface area contributed by atoms with E-state index in [0.717, 1.165) is 0 Å². The first-order valence-electron chi connectivity index (χ1n) is 3.85. The minimum atomic E-state index is -1.03. The molecule has 1 aromatic carbocycles. The van der Waals surface area contributed by atoms with Gasteiger partial charge in [0.15, 0.2) is 0 Å². The third-order valence-electron chi connectivity index (χ3n) is 1.79. The Balaban J connectivity index is 0.00000169. The average molecular weight is 218 g/mol. The maximum absolute atomic E-state index is 10.7. The molecule has 14 heavy (non-hydrogen) atoms. The van der Waals surface area contributed by atoms with Gasteiger partial charge in [-0.05, 0) is 11.6 Å².